The van der Waals surface area contributed by atoms with Gasteiger partial charge in [-0.3, -0.25) is 19.4 Å². The monoisotopic (exact) mass is 619 g/mol. The van der Waals surface area contributed by atoms with E-state index in [1.165, 1.54) is 24.1 Å². The molecule has 0 aliphatic carbocycles. The molecule has 0 bridgehead atoms. The Morgan fingerprint density at radius 2 is 2.05 bits per heavy atom. The van der Waals surface area contributed by atoms with E-state index in [0.29, 0.717) is 5.56 Å². The Bertz CT molecular complexity index is 1440. The number of hydrogen-bond donors (Lipinski definition) is 6. The lowest BCUT2D eigenvalue weighted by molar-refractivity contribution is -0.156. The number of nitrogen functional groups attached to an aromatic ring is 1. The number of rotatable bonds is 9. The molecule has 1 aromatic heterocycles. The van der Waals surface area contributed by atoms with Crippen molar-refractivity contribution in [1.82, 2.24) is 15.3 Å². The number of anilines is 3. The Labute approximate surface area is 245 Å². The number of fused-ring (bicyclic) bond motifs is 2. The Hall–Kier alpha value is -3.96. The molecule has 5 rings (SSSR count). The lowest BCUT2D eigenvalue weighted by Gasteiger charge is -2.30. The highest BCUT2D eigenvalue weighted by atomic mass is 31.2. The van der Waals surface area contributed by atoms with E-state index in [4.69, 9.17) is 36.6 Å². The molecule has 1 amide bonds. The maximum Gasteiger partial charge on any atom is 0.488 e. The van der Waals surface area contributed by atoms with Crippen molar-refractivity contribution in [2.45, 2.75) is 49.8 Å². The van der Waals surface area contributed by atoms with Crippen LogP contribution >= 0.6 is 7.82 Å². The fraction of sp³-hybridized carbons (Fsp3) is 0.458. The van der Waals surface area contributed by atoms with Gasteiger partial charge in [-0.1, -0.05) is 12.1 Å². The average molecular weight is 619 g/mol. The number of nitrogens with two attached hydrogens (primary N) is 1. The minimum Gasteiger partial charge on any atom is -0.508 e. The fourth-order valence-electron chi connectivity index (χ4n) is 4.92. The van der Waals surface area contributed by atoms with Crippen molar-refractivity contribution in [1.29, 1.82) is 0 Å². The third kappa shape index (κ3) is 6.83. The van der Waals surface area contributed by atoms with E-state index in [0.717, 1.165) is 0 Å². The quantitative estimate of drug-likeness (QED) is 0.110. The van der Waals surface area contributed by atoms with Crippen LogP contribution in [-0.2, 0) is 44.1 Å². The highest BCUT2D eigenvalue weighted by Gasteiger charge is 2.60. The molecule has 43 heavy (non-hydrogen) atoms. The van der Waals surface area contributed by atoms with Gasteiger partial charge in [0.1, 0.15) is 30.2 Å². The number of ether oxygens (including phenoxy) is 3. The Kier molecular flexibility index (Phi) is 8.75. The summed E-state index contributed by atoms with van der Waals surface area (Å²) in [7, 11) is 3.15. The summed E-state index contributed by atoms with van der Waals surface area (Å²) in [4.78, 5) is 68.6. The second-order valence-electron chi connectivity index (χ2n) is 9.92. The molecule has 3 aliphatic rings. The van der Waals surface area contributed by atoms with Gasteiger partial charge in [0.25, 0.3) is 5.56 Å². The van der Waals surface area contributed by atoms with Crippen LogP contribution in [0.25, 0.3) is 0 Å². The Morgan fingerprint density at radius 3 is 2.77 bits per heavy atom. The fourth-order valence-corrected chi connectivity index (χ4v) is 5.95. The lowest BCUT2D eigenvalue weighted by atomic mass is 10.1. The molecule has 4 heterocycles. The molecule has 0 spiro atoms. The largest absolute Gasteiger partial charge is 0.508 e. The molecule has 19 heteroatoms. The summed E-state index contributed by atoms with van der Waals surface area (Å²) in [6, 6.07) is 5.04. The normalized spacial score (nSPS) is 26.5. The van der Waals surface area contributed by atoms with E-state index in [9.17, 15) is 29.2 Å². The topological polar surface area (TPSA) is 237 Å². The average Bonchev–Trinajstić information content (AvgIpc) is 3.52. The first-order chi connectivity index (χ1) is 20.4. The van der Waals surface area contributed by atoms with Crippen molar-refractivity contribution in [3.8, 4) is 5.75 Å². The number of aromatic amines is 1. The minimum atomic E-state index is -3.74. The maximum absolute atomic E-state index is 13.0. The number of phenols is 1. The van der Waals surface area contributed by atoms with Gasteiger partial charge in [-0.05, 0) is 17.7 Å². The molecular formula is C24H29BN6O11P+. The van der Waals surface area contributed by atoms with Crippen LogP contribution < -0.4 is 26.8 Å². The zero-order chi connectivity index (χ0) is 30.9. The van der Waals surface area contributed by atoms with Gasteiger partial charge in [0.2, 0.25) is 11.9 Å². The van der Waals surface area contributed by atoms with Gasteiger partial charge < -0.3 is 40.6 Å². The SMILES string of the molecule is [B][P+]1(O)OCC2OC(N3CNc4c3nc(N)[nH]c4=O)C(OC(=O)CCC(=O)NC(Cc3ccc(O)cc3)C(=O)OC)C2O1. The van der Waals surface area contributed by atoms with Crippen molar-refractivity contribution < 1.29 is 47.6 Å². The number of nitrogens with one attached hydrogen (secondary N) is 3. The second kappa shape index (κ2) is 12.3. The van der Waals surface area contributed by atoms with Crippen LogP contribution in [0, 0.1) is 0 Å². The van der Waals surface area contributed by atoms with Crippen molar-refractivity contribution in [2.24, 2.45) is 0 Å². The first-order valence-corrected chi connectivity index (χ1v) is 14.7. The standard InChI is InChI=1S/C24H29BN6O11P/c1-38-23(36)13(8-11-2-4-12(32)5-3-11)28-15(33)6-7-16(34)41-19-18-14(9-39-43(25,37)42-18)40-22(19)31-10-27-17-20(31)29-24(26)30-21(17)35/h2-5,13-14,18-19,22,27,32,37H,6-10H2,1H3,(H,28,33)(H3,26,29,30,35)/q+1. The third-order valence-electron chi connectivity index (χ3n) is 6.93. The first-order valence-electron chi connectivity index (χ1n) is 13.1. The molecule has 7 N–H and O–H groups in total. The molecule has 1 aromatic carbocycles. The third-order valence-corrected chi connectivity index (χ3v) is 7.99. The van der Waals surface area contributed by atoms with Crippen LogP contribution in [0.15, 0.2) is 29.1 Å². The number of hydrogen-bond acceptors (Lipinski definition) is 15. The van der Waals surface area contributed by atoms with Gasteiger partial charge in [-0.25, -0.2) is 9.69 Å². The van der Waals surface area contributed by atoms with Crippen LogP contribution in [0.2, 0.25) is 0 Å². The van der Waals surface area contributed by atoms with Gasteiger partial charge >= 0.3 is 27.3 Å². The van der Waals surface area contributed by atoms with E-state index in [1.54, 1.807) is 12.1 Å². The molecule has 6 unspecified atom stereocenters. The number of methoxy groups -OCH3 is 1. The van der Waals surface area contributed by atoms with Crippen molar-refractivity contribution in [3.63, 3.8) is 0 Å². The number of carbonyl (C=O) groups excluding carboxylic acids is 3. The van der Waals surface area contributed by atoms with E-state index >= 15 is 0 Å². The molecule has 0 saturated carbocycles. The number of aromatic nitrogens is 2. The van der Waals surface area contributed by atoms with Gasteiger partial charge in [-0.15, -0.1) is 0 Å². The maximum atomic E-state index is 13.0. The van der Waals surface area contributed by atoms with E-state index in [2.05, 4.69) is 20.6 Å². The van der Waals surface area contributed by atoms with Crippen LogP contribution in [-0.4, -0.2) is 96.3 Å². The van der Waals surface area contributed by atoms with Gasteiger partial charge in [0, 0.05) is 12.8 Å². The van der Waals surface area contributed by atoms with E-state index in [-0.39, 0.29) is 49.3 Å². The molecule has 6 atom stereocenters. The molecule has 3 aliphatic heterocycles. The van der Waals surface area contributed by atoms with Crippen LogP contribution in [0.5, 0.6) is 5.75 Å². The summed E-state index contributed by atoms with van der Waals surface area (Å²) >= 11 is 0. The van der Waals surface area contributed by atoms with Crippen LogP contribution in [0.1, 0.15) is 18.4 Å². The lowest BCUT2D eigenvalue weighted by Crippen LogP contribution is -2.48. The molecule has 2 aromatic rings. The summed E-state index contributed by atoms with van der Waals surface area (Å²) in [5, 5.41) is 14.9. The van der Waals surface area contributed by atoms with Crippen molar-refractivity contribution in [2.75, 3.05) is 36.3 Å². The van der Waals surface area contributed by atoms with Gasteiger partial charge in [0.15, 0.2) is 24.3 Å². The highest BCUT2D eigenvalue weighted by molar-refractivity contribution is 7.85. The highest BCUT2D eigenvalue weighted by Crippen LogP contribution is 2.58. The predicted molar refractivity (Wildman–Crippen MR) is 149 cm³/mol. The van der Waals surface area contributed by atoms with Crippen LogP contribution in [0.3, 0.4) is 0 Å². The van der Waals surface area contributed by atoms with E-state index in [1.807, 2.05) is 0 Å². The molecule has 228 valence electrons. The number of esters is 2. The number of H-pyrrole nitrogens is 1. The summed E-state index contributed by atoms with van der Waals surface area (Å²) in [5.41, 5.74) is 5.99. The molecule has 2 fully saturated rings. The predicted octanol–water partition coefficient (Wildman–Crippen LogP) is -1.18. The van der Waals surface area contributed by atoms with Gasteiger partial charge in [-0.2, -0.15) is 14.0 Å². The molecule has 2 saturated heterocycles. The summed E-state index contributed by atoms with van der Waals surface area (Å²) < 4.78 is 27.2. The second-order valence-corrected chi connectivity index (χ2v) is 11.5. The number of phenolic OH excluding ortho intramolecular Hbond substituents is 1. The molecular weight excluding hydrogens is 590 g/mol. The van der Waals surface area contributed by atoms with Crippen molar-refractivity contribution >= 4 is 50.7 Å². The van der Waals surface area contributed by atoms with Gasteiger partial charge in [0.05, 0.1) is 20.2 Å². The number of nitrogens with zero attached hydrogens (tertiary/aromatic N) is 2. The smallest absolute Gasteiger partial charge is 0.488 e. The zero-order valence-corrected chi connectivity index (χ0v) is 23.7. The summed E-state index contributed by atoms with van der Waals surface area (Å²) in [5.74, 6) is -2.09. The first kappa shape index (κ1) is 30.5. The number of carbonyl (C=O) groups is 3. The number of benzene rings is 1. The molecule has 17 nitrogen and oxygen atoms in total. The summed E-state index contributed by atoms with van der Waals surface area (Å²) in [6.07, 6.45) is -4.75. The zero-order valence-electron chi connectivity index (χ0n) is 22.8. The molecule has 2 radical (unpaired) electrons. The Balaban J connectivity index is 1.26. The Morgan fingerprint density at radius 1 is 1.30 bits per heavy atom. The van der Waals surface area contributed by atoms with Crippen LogP contribution in [0.4, 0.5) is 17.5 Å². The minimum absolute atomic E-state index is 0.0360. The van der Waals surface area contributed by atoms with E-state index < -0.39 is 68.2 Å². The number of amides is 1. The van der Waals surface area contributed by atoms with Crippen molar-refractivity contribution in [3.05, 3.63) is 40.2 Å². The number of aromatic hydroxyl groups is 1. The summed E-state index contributed by atoms with van der Waals surface area (Å²) in [6.45, 7) is -0.123.